The predicted molar refractivity (Wildman–Crippen MR) is 135 cm³/mol. The number of aryl methyl sites for hydroxylation is 1. The van der Waals surface area contributed by atoms with Crippen LogP contribution in [0.4, 0.5) is 0 Å². The van der Waals surface area contributed by atoms with Crippen LogP contribution in [0.3, 0.4) is 0 Å². The van der Waals surface area contributed by atoms with Gasteiger partial charge in [-0.15, -0.1) is 0 Å². The van der Waals surface area contributed by atoms with Crippen molar-refractivity contribution in [2.45, 2.75) is 46.1 Å². The number of nitrogens with zero attached hydrogens (tertiary/aromatic N) is 2. The van der Waals surface area contributed by atoms with Crippen molar-refractivity contribution >= 4 is 17.4 Å². The number of amides is 1. The lowest BCUT2D eigenvalue weighted by molar-refractivity contribution is -0.140. The smallest absolute Gasteiger partial charge is 0.295 e. The van der Waals surface area contributed by atoms with E-state index in [4.69, 9.17) is 4.74 Å². The van der Waals surface area contributed by atoms with E-state index in [1.165, 1.54) is 5.56 Å². The average Bonchev–Trinajstić information content (AvgIpc) is 3.07. The molecular weight excluding hydrogens is 428 g/mol. The van der Waals surface area contributed by atoms with Crippen LogP contribution in [0, 0.1) is 0 Å². The number of benzene rings is 2. The highest BCUT2D eigenvalue weighted by Crippen LogP contribution is 2.40. The van der Waals surface area contributed by atoms with E-state index < -0.39 is 17.7 Å². The van der Waals surface area contributed by atoms with Crippen LogP contribution >= 0.6 is 0 Å². The zero-order chi connectivity index (χ0) is 25.0. The van der Waals surface area contributed by atoms with Gasteiger partial charge >= 0.3 is 0 Å². The number of likely N-dealkylation sites (tertiary alicyclic amines) is 1. The Labute approximate surface area is 202 Å². The highest BCUT2D eigenvalue weighted by Gasteiger charge is 2.45. The Morgan fingerprint density at radius 3 is 2.32 bits per heavy atom. The normalized spacial score (nSPS) is 17.8. The largest absolute Gasteiger partial charge is 0.507 e. The second kappa shape index (κ2) is 10.9. The molecule has 0 spiro atoms. The van der Waals surface area contributed by atoms with Gasteiger partial charge in [0.2, 0.25) is 0 Å². The van der Waals surface area contributed by atoms with Crippen LogP contribution < -0.4 is 4.74 Å². The molecule has 0 radical (unpaired) electrons. The molecule has 0 aliphatic carbocycles. The van der Waals surface area contributed by atoms with Gasteiger partial charge in [0.05, 0.1) is 18.2 Å². The highest BCUT2D eigenvalue weighted by molar-refractivity contribution is 6.46. The first-order valence-corrected chi connectivity index (χ1v) is 12.0. The fourth-order valence-corrected chi connectivity index (χ4v) is 4.29. The van der Waals surface area contributed by atoms with E-state index in [1.807, 2.05) is 62.3 Å². The maximum absolute atomic E-state index is 13.2. The van der Waals surface area contributed by atoms with Crippen molar-refractivity contribution in [3.8, 4) is 5.75 Å². The number of rotatable bonds is 9. The molecule has 6 heteroatoms. The molecule has 1 fully saturated rings. The van der Waals surface area contributed by atoms with Gasteiger partial charge in [-0.3, -0.25) is 9.59 Å². The number of aliphatic hydroxyl groups excluding tert-OH is 1. The Bertz CT molecular complexity index is 1070. The summed E-state index contributed by atoms with van der Waals surface area (Å²) in [5, 5.41) is 11.4. The molecule has 0 bridgehead atoms. The number of hydrogen-bond donors (Lipinski definition) is 1. The molecule has 1 aliphatic heterocycles. The molecule has 1 saturated heterocycles. The molecule has 34 heavy (non-hydrogen) atoms. The number of likely N-dealkylation sites (N-methyl/N-ethyl adjacent to an activating group) is 1. The molecule has 2 aromatic rings. The van der Waals surface area contributed by atoms with E-state index in [1.54, 1.807) is 11.0 Å². The minimum Gasteiger partial charge on any atom is -0.507 e. The summed E-state index contributed by atoms with van der Waals surface area (Å²) in [6, 6.07) is 12.7. The molecule has 1 N–H and O–H groups in total. The molecule has 6 nitrogen and oxygen atoms in total. The van der Waals surface area contributed by atoms with Crippen molar-refractivity contribution < 1.29 is 19.4 Å². The quantitative estimate of drug-likeness (QED) is 0.329. The fraction of sp³-hybridized carbons (Fsp3) is 0.429. The number of carbonyl (C=O) groups is 2. The third kappa shape index (κ3) is 5.17. The van der Waals surface area contributed by atoms with Crippen molar-refractivity contribution in [2.24, 2.45) is 0 Å². The lowest BCUT2D eigenvalue weighted by Gasteiger charge is -2.26. The lowest BCUT2D eigenvalue weighted by atomic mass is 9.92. The summed E-state index contributed by atoms with van der Waals surface area (Å²) in [4.78, 5) is 29.8. The van der Waals surface area contributed by atoms with Crippen molar-refractivity contribution in [2.75, 3.05) is 33.8 Å². The first kappa shape index (κ1) is 25.5. The van der Waals surface area contributed by atoms with Gasteiger partial charge in [0.1, 0.15) is 11.5 Å². The summed E-state index contributed by atoms with van der Waals surface area (Å²) in [5.41, 5.74) is 3.56. The Morgan fingerprint density at radius 1 is 1.09 bits per heavy atom. The first-order valence-electron chi connectivity index (χ1n) is 12.0. The molecule has 0 saturated carbocycles. The summed E-state index contributed by atoms with van der Waals surface area (Å²) < 4.78 is 5.75. The Hall–Kier alpha value is -3.12. The molecule has 0 aromatic heterocycles. The summed E-state index contributed by atoms with van der Waals surface area (Å²) in [7, 11) is 3.85. The highest BCUT2D eigenvalue weighted by atomic mass is 16.5. The van der Waals surface area contributed by atoms with Crippen molar-refractivity contribution in [3.05, 3.63) is 70.3 Å². The number of ether oxygens (including phenoxy) is 1. The minimum atomic E-state index is -0.652. The maximum Gasteiger partial charge on any atom is 0.295 e. The van der Waals surface area contributed by atoms with Crippen LogP contribution in [0.5, 0.6) is 5.75 Å². The van der Waals surface area contributed by atoms with E-state index in [2.05, 4.69) is 20.8 Å². The summed E-state index contributed by atoms with van der Waals surface area (Å²) in [5.74, 6) is -0.467. The van der Waals surface area contributed by atoms with Crippen molar-refractivity contribution in [3.63, 3.8) is 0 Å². The van der Waals surface area contributed by atoms with E-state index >= 15 is 0 Å². The van der Waals surface area contributed by atoms with Gasteiger partial charge in [-0.25, -0.2) is 0 Å². The molecule has 1 amide bonds. The van der Waals surface area contributed by atoms with Gasteiger partial charge in [0.15, 0.2) is 0 Å². The van der Waals surface area contributed by atoms with Crippen molar-refractivity contribution in [1.29, 1.82) is 0 Å². The van der Waals surface area contributed by atoms with Crippen LogP contribution in [0.2, 0.25) is 0 Å². The zero-order valence-electron chi connectivity index (χ0n) is 21.1. The number of hydrogen-bond acceptors (Lipinski definition) is 5. The Kier molecular flexibility index (Phi) is 8.15. The summed E-state index contributed by atoms with van der Waals surface area (Å²) in [6.07, 6.45) is 0.894. The molecular formula is C28H36N2O4. The molecule has 1 heterocycles. The van der Waals surface area contributed by atoms with Gasteiger partial charge in [0.25, 0.3) is 11.7 Å². The molecule has 1 aliphatic rings. The van der Waals surface area contributed by atoms with Gasteiger partial charge in [-0.1, -0.05) is 45.0 Å². The van der Waals surface area contributed by atoms with E-state index in [0.717, 1.165) is 23.3 Å². The fourth-order valence-electron chi connectivity index (χ4n) is 4.29. The van der Waals surface area contributed by atoms with Gasteiger partial charge in [-0.2, -0.15) is 0 Å². The van der Waals surface area contributed by atoms with Gasteiger partial charge in [-0.05, 0) is 68.2 Å². The average molecular weight is 465 g/mol. The molecule has 2 aromatic carbocycles. The Morgan fingerprint density at radius 2 is 1.76 bits per heavy atom. The van der Waals surface area contributed by atoms with Crippen LogP contribution in [-0.4, -0.2) is 60.4 Å². The number of ketones is 1. The van der Waals surface area contributed by atoms with Crippen LogP contribution in [0.15, 0.2) is 48.0 Å². The SMILES string of the molecule is CCOc1ccc(/C(O)=C2/C(=O)C(=O)N(CCN(C)C)C2c2ccc(CC)cc2)cc1C(C)C. The summed E-state index contributed by atoms with van der Waals surface area (Å²) in [6.45, 7) is 9.64. The monoisotopic (exact) mass is 464 g/mol. The van der Waals surface area contributed by atoms with E-state index in [9.17, 15) is 14.7 Å². The topological polar surface area (TPSA) is 70.1 Å². The maximum atomic E-state index is 13.2. The number of Topliss-reactive ketones (excluding diaryl/α,β-unsaturated/α-hetero) is 1. The molecule has 1 unspecified atom stereocenters. The second-order valence-corrected chi connectivity index (χ2v) is 9.23. The second-order valence-electron chi connectivity index (χ2n) is 9.23. The Balaban J connectivity index is 2.16. The third-order valence-corrected chi connectivity index (χ3v) is 6.24. The molecule has 1 atom stereocenters. The van der Waals surface area contributed by atoms with Gasteiger partial charge < -0.3 is 19.6 Å². The number of carbonyl (C=O) groups excluding carboxylic acids is 2. The van der Waals surface area contributed by atoms with Gasteiger partial charge in [0, 0.05) is 18.7 Å². The number of aliphatic hydroxyl groups is 1. The van der Waals surface area contributed by atoms with Crippen LogP contribution in [-0.2, 0) is 16.0 Å². The van der Waals surface area contributed by atoms with E-state index in [-0.39, 0.29) is 17.3 Å². The summed E-state index contributed by atoms with van der Waals surface area (Å²) >= 11 is 0. The standard InChI is InChI=1S/C28H36N2O4/c1-7-19-9-11-20(12-10-19)25-24(27(32)28(33)30(25)16-15-29(5)6)26(31)21-13-14-23(34-8-2)22(17-21)18(3)4/h9-14,17-18,25,31H,7-8,15-16H2,1-6H3/b26-24-. The molecule has 182 valence electrons. The molecule has 3 rings (SSSR count). The predicted octanol–water partition coefficient (Wildman–Crippen LogP) is 4.75. The van der Waals surface area contributed by atoms with Crippen molar-refractivity contribution in [1.82, 2.24) is 9.80 Å². The lowest BCUT2D eigenvalue weighted by Crippen LogP contribution is -2.35. The van der Waals surface area contributed by atoms with E-state index in [0.29, 0.717) is 25.3 Å². The van der Waals surface area contributed by atoms with Crippen LogP contribution in [0.1, 0.15) is 61.9 Å². The minimum absolute atomic E-state index is 0.131. The third-order valence-electron chi connectivity index (χ3n) is 6.24. The zero-order valence-corrected chi connectivity index (χ0v) is 21.1. The van der Waals surface area contributed by atoms with Crippen LogP contribution in [0.25, 0.3) is 5.76 Å². The first-order chi connectivity index (χ1) is 16.2.